The number of ether oxygens (including phenoxy) is 1. The van der Waals surface area contributed by atoms with E-state index in [-0.39, 0.29) is 12.7 Å². The lowest BCUT2D eigenvalue weighted by atomic mass is 9.87. The number of hydrogen-bond acceptors (Lipinski definition) is 7. The van der Waals surface area contributed by atoms with E-state index in [9.17, 15) is 9.36 Å². The normalized spacial score (nSPS) is 16.2. The molecule has 5 rings (SSSR count). The Morgan fingerprint density at radius 2 is 1.55 bits per heavy atom. The predicted molar refractivity (Wildman–Crippen MR) is 173 cm³/mol. The fraction of sp³-hybridized carbons (Fsp3) is 0.429. The summed E-state index contributed by atoms with van der Waals surface area (Å²) < 4.78 is 37.4. The maximum absolute atomic E-state index is 14.0. The lowest BCUT2D eigenvalue weighted by Crippen LogP contribution is -2.25. The van der Waals surface area contributed by atoms with Crippen molar-refractivity contribution in [3.8, 4) is 17.0 Å². The molecule has 1 aliphatic heterocycles. The number of allylic oxidation sites excluding steroid dienone is 4. The second-order valence-electron chi connectivity index (χ2n) is 13.3. The van der Waals surface area contributed by atoms with E-state index in [1.807, 2.05) is 37.3 Å². The Morgan fingerprint density at radius 3 is 2.14 bits per heavy atom. The van der Waals surface area contributed by atoms with Crippen LogP contribution in [0.1, 0.15) is 95.8 Å². The van der Waals surface area contributed by atoms with Crippen molar-refractivity contribution in [2.75, 3.05) is 6.79 Å². The van der Waals surface area contributed by atoms with Crippen LogP contribution in [0.25, 0.3) is 22.4 Å². The van der Waals surface area contributed by atoms with E-state index in [2.05, 4.69) is 18.2 Å². The van der Waals surface area contributed by atoms with Gasteiger partial charge in [-0.25, -0.2) is 9.09 Å². The van der Waals surface area contributed by atoms with Crippen LogP contribution in [0.2, 0.25) is 0 Å². The molecule has 0 unspecified atom stereocenters. The lowest BCUT2D eigenvalue weighted by Gasteiger charge is -2.30. The van der Waals surface area contributed by atoms with Crippen LogP contribution in [0.4, 0.5) is 0 Å². The topological polar surface area (TPSA) is 88.9 Å². The summed E-state index contributed by atoms with van der Waals surface area (Å²) in [6, 6.07) is 17.3. The predicted octanol–water partition coefficient (Wildman–Crippen LogP) is 9.27. The first-order valence-corrected chi connectivity index (χ1v) is 16.7. The van der Waals surface area contributed by atoms with Gasteiger partial charge in [-0.1, -0.05) is 54.1 Å². The van der Waals surface area contributed by atoms with Crippen molar-refractivity contribution in [2.45, 2.75) is 91.8 Å². The van der Waals surface area contributed by atoms with Crippen molar-refractivity contribution in [3.63, 3.8) is 0 Å². The first-order valence-electron chi connectivity index (χ1n) is 15.2. The molecule has 8 nitrogen and oxygen atoms in total. The van der Waals surface area contributed by atoms with Gasteiger partial charge in [0.1, 0.15) is 11.4 Å². The van der Waals surface area contributed by atoms with Gasteiger partial charge in [-0.2, -0.15) is 9.78 Å². The molecule has 2 heterocycles. The number of phosphoric ester groups is 1. The van der Waals surface area contributed by atoms with Crippen LogP contribution in [-0.2, 0) is 24.6 Å². The van der Waals surface area contributed by atoms with Crippen molar-refractivity contribution in [1.82, 2.24) is 9.78 Å². The fourth-order valence-electron chi connectivity index (χ4n) is 5.60. The zero-order valence-electron chi connectivity index (χ0n) is 26.8. The summed E-state index contributed by atoms with van der Waals surface area (Å²) in [7, 11) is -3.90. The zero-order chi connectivity index (χ0) is 31.7. The molecule has 0 radical (unpaired) electrons. The summed E-state index contributed by atoms with van der Waals surface area (Å²) in [6.07, 6.45) is 7.33. The van der Waals surface area contributed by atoms with Crippen LogP contribution < -0.4 is 4.74 Å². The second kappa shape index (κ2) is 12.6. The minimum absolute atomic E-state index is 0.139. The molecule has 0 amide bonds. The Bertz CT molecular complexity index is 1600. The van der Waals surface area contributed by atoms with E-state index in [0.29, 0.717) is 17.7 Å². The third kappa shape index (κ3) is 7.49. The van der Waals surface area contributed by atoms with Gasteiger partial charge in [-0.05, 0) is 97.4 Å². The largest absolute Gasteiger partial charge is 0.478 e. The summed E-state index contributed by atoms with van der Waals surface area (Å²) in [4.78, 5) is 14.0. The van der Waals surface area contributed by atoms with Crippen LogP contribution in [0.3, 0.4) is 0 Å². The molecule has 44 heavy (non-hydrogen) atoms. The molecule has 2 aliphatic rings. The van der Waals surface area contributed by atoms with Gasteiger partial charge in [0, 0.05) is 23.1 Å². The molecular formula is C35H43N2O6P. The maximum atomic E-state index is 14.0. The molecule has 1 aliphatic carbocycles. The Labute approximate surface area is 260 Å². The van der Waals surface area contributed by atoms with E-state index < -0.39 is 19.0 Å². The molecular weight excluding hydrogens is 575 g/mol. The van der Waals surface area contributed by atoms with Crippen LogP contribution in [0.5, 0.6) is 5.75 Å². The van der Waals surface area contributed by atoms with Crippen molar-refractivity contribution in [2.24, 2.45) is 0 Å². The number of hydrogen-bond donors (Lipinski definition) is 0. The minimum Gasteiger partial charge on any atom is -0.467 e. The first-order chi connectivity index (χ1) is 20.7. The van der Waals surface area contributed by atoms with Gasteiger partial charge in [-0.15, -0.1) is 0 Å². The number of carbonyl (C=O) groups is 1. The molecule has 234 valence electrons. The van der Waals surface area contributed by atoms with E-state index in [0.717, 1.165) is 52.9 Å². The van der Waals surface area contributed by atoms with Crippen LogP contribution >= 0.6 is 7.82 Å². The fourth-order valence-corrected chi connectivity index (χ4v) is 7.27. The monoisotopic (exact) mass is 618 g/mol. The minimum atomic E-state index is -3.90. The molecule has 3 aromatic rings. The number of benzene rings is 2. The summed E-state index contributed by atoms with van der Waals surface area (Å²) in [5, 5.41) is 4.92. The number of rotatable bonds is 9. The molecule has 0 N–H and O–H groups in total. The number of carbonyl (C=O) groups excluding carboxylic acids is 1. The summed E-state index contributed by atoms with van der Waals surface area (Å²) in [6.45, 7) is 12.4. The molecule has 0 saturated heterocycles. The average molecular weight is 619 g/mol. The van der Waals surface area contributed by atoms with Gasteiger partial charge in [0.15, 0.2) is 6.79 Å². The van der Waals surface area contributed by atoms with Crippen molar-refractivity contribution < 1.29 is 27.7 Å². The third-order valence-electron chi connectivity index (χ3n) is 7.26. The Balaban J connectivity index is 1.36. The lowest BCUT2D eigenvalue weighted by molar-refractivity contribution is -0.0189. The molecule has 2 aromatic carbocycles. The highest BCUT2D eigenvalue weighted by Gasteiger charge is 2.37. The van der Waals surface area contributed by atoms with E-state index in [1.165, 1.54) is 12.0 Å². The van der Waals surface area contributed by atoms with Crippen molar-refractivity contribution in [3.05, 3.63) is 83.1 Å². The summed E-state index contributed by atoms with van der Waals surface area (Å²) in [5.74, 6) is 0.353. The Hall–Kier alpha value is -3.29. The molecule has 9 heteroatoms. The highest BCUT2D eigenvalue weighted by molar-refractivity contribution is 7.48. The SMILES string of the molecule is CC1=C(c2ccc(OCOP(=O)(OC(C)(C)C)OC(C)(C)C)cc2)C(=O)n2nc(-c3ccccc3)c(C3=CCCCC3)c2C1. The van der Waals surface area contributed by atoms with E-state index >= 15 is 0 Å². The average Bonchev–Trinajstić information content (AvgIpc) is 3.32. The molecule has 1 aromatic heterocycles. The van der Waals surface area contributed by atoms with Crippen LogP contribution in [0, 0.1) is 0 Å². The first kappa shape index (κ1) is 32.1. The number of nitrogens with zero attached hydrogens (tertiary/aromatic N) is 2. The smallest absolute Gasteiger partial charge is 0.467 e. The van der Waals surface area contributed by atoms with Crippen LogP contribution in [0.15, 0.2) is 66.2 Å². The number of phosphoric acid groups is 1. The Kier molecular flexibility index (Phi) is 9.20. The maximum Gasteiger partial charge on any atom is 0.478 e. The molecule has 0 spiro atoms. The second-order valence-corrected chi connectivity index (χ2v) is 14.8. The molecule has 0 bridgehead atoms. The van der Waals surface area contributed by atoms with E-state index in [1.54, 1.807) is 58.4 Å². The number of aromatic nitrogens is 2. The van der Waals surface area contributed by atoms with Gasteiger partial charge in [0.25, 0.3) is 5.91 Å². The molecule has 0 saturated carbocycles. The van der Waals surface area contributed by atoms with Crippen LogP contribution in [-0.4, -0.2) is 33.7 Å². The van der Waals surface area contributed by atoms with Gasteiger partial charge in [-0.3, -0.25) is 13.8 Å². The highest BCUT2D eigenvalue weighted by atomic mass is 31.2. The van der Waals surface area contributed by atoms with Gasteiger partial charge in [0.2, 0.25) is 0 Å². The van der Waals surface area contributed by atoms with E-state index in [4.69, 9.17) is 23.4 Å². The third-order valence-corrected chi connectivity index (χ3v) is 9.22. The summed E-state index contributed by atoms with van der Waals surface area (Å²) >= 11 is 0. The van der Waals surface area contributed by atoms with Gasteiger partial charge >= 0.3 is 7.82 Å². The Morgan fingerprint density at radius 1 is 0.886 bits per heavy atom. The van der Waals surface area contributed by atoms with Gasteiger partial charge < -0.3 is 4.74 Å². The number of fused-ring (bicyclic) bond motifs is 1. The van der Waals surface area contributed by atoms with Crippen molar-refractivity contribution >= 4 is 24.9 Å². The molecule has 0 atom stereocenters. The summed E-state index contributed by atoms with van der Waals surface area (Å²) in [5.41, 5.74) is 6.14. The van der Waals surface area contributed by atoms with Gasteiger partial charge in [0.05, 0.1) is 16.9 Å². The zero-order valence-corrected chi connectivity index (χ0v) is 27.7. The highest BCUT2D eigenvalue weighted by Crippen LogP contribution is 2.55. The quantitative estimate of drug-likeness (QED) is 0.174. The standard InChI is InChI=1S/C35H43N2O6P/c1-24-22-29-31(25-14-10-8-11-15-25)32(27-16-12-9-13-17-27)36-37(29)33(38)30(24)26-18-20-28(21-19-26)40-23-41-44(39,42-34(2,3)4)43-35(5,6)7/h9,12-14,16-21H,8,10-11,15,22-23H2,1-7H3. The molecule has 0 fully saturated rings. The van der Waals surface area contributed by atoms with Crippen molar-refractivity contribution in [1.29, 1.82) is 0 Å².